The van der Waals surface area contributed by atoms with Crippen molar-refractivity contribution in [2.24, 2.45) is 0 Å². The third kappa shape index (κ3) is 3.59. The molecule has 0 aromatic heterocycles. The fraction of sp³-hybridized carbons (Fsp3) is 0.385. The minimum absolute atomic E-state index is 0.383. The van der Waals surface area contributed by atoms with Gasteiger partial charge < -0.3 is 9.94 Å². The molecule has 0 bridgehead atoms. The molecule has 1 aromatic rings. The van der Waals surface area contributed by atoms with E-state index >= 15 is 0 Å². The SMILES string of the molecule is COC(=O)c1ccc(C=[N+]([O-])C(C)(C)C)cc1. The van der Waals surface area contributed by atoms with Crippen molar-refractivity contribution in [3.05, 3.63) is 40.6 Å². The number of hydrogen-bond acceptors (Lipinski definition) is 3. The zero-order valence-corrected chi connectivity index (χ0v) is 10.6. The zero-order valence-electron chi connectivity index (χ0n) is 10.6. The molecule has 0 aliphatic rings. The second-order valence-electron chi connectivity index (χ2n) is 4.74. The predicted molar refractivity (Wildman–Crippen MR) is 66.3 cm³/mol. The van der Waals surface area contributed by atoms with Gasteiger partial charge in [-0.3, -0.25) is 0 Å². The van der Waals surface area contributed by atoms with E-state index in [1.165, 1.54) is 13.3 Å². The predicted octanol–water partition coefficient (Wildman–Crippen LogP) is 2.20. The first-order valence-electron chi connectivity index (χ1n) is 5.34. The van der Waals surface area contributed by atoms with Crippen molar-refractivity contribution in [2.75, 3.05) is 7.11 Å². The maximum Gasteiger partial charge on any atom is 0.337 e. The highest BCUT2D eigenvalue weighted by Crippen LogP contribution is 2.08. The van der Waals surface area contributed by atoms with Crippen LogP contribution >= 0.6 is 0 Å². The van der Waals surface area contributed by atoms with E-state index in [2.05, 4.69) is 4.74 Å². The topological polar surface area (TPSA) is 52.4 Å². The van der Waals surface area contributed by atoms with Crippen LogP contribution < -0.4 is 0 Å². The molecular weight excluding hydrogens is 218 g/mol. The van der Waals surface area contributed by atoms with Crippen LogP contribution in [-0.4, -0.2) is 29.6 Å². The summed E-state index contributed by atoms with van der Waals surface area (Å²) in [4.78, 5) is 11.2. The van der Waals surface area contributed by atoms with Gasteiger partial charge in [0.05, 0.1) is 12.7 Å². The summed E-state index contributed by atoms with van der Waals surface area (Å²) < 4.78 is 5.48. The molecule has 92 valence electrons. The summed E-state index contributed by atoms with van der Waals surface area (Å²) in [5, 5.41) is 11.7. The molecule has 0 saturated heterocycles. The highest BCUT2D eigenvalue weighted by molar-refractivity contribution is 5.90. The van der Waals surface area contributed by atoms with Crippen molar-refractivity contribution in [2.45, 2.75) is 26.3 Å². The standard InChI is InChI=1S/C13H17NO3/c1-13(2,3)14(16)9-10-5-7-11(8-6-10)12(15)17-4/h5-9H,1-4H3. The van der Waals surface area contributed by atoms with Gasteiger partial charge in [-0.05, 0) is 24.3 Å². The summed E-state index contributed by atoms with van der Waals surface area (Å²) in [5.41, 5.74) is 0.751. The van der Waals surface area contributed by atoms with Crippen LogP contribution in [-0.2, 0) is 4.74 Å². The molecule has 0 aliphatic carbocycles. The molecular formula is C13H17NO3. The smallest absolute Gasteiger partial charge is 0.337 e. The normalized spacial score (nSPS) is 12.4. The average molecular weight is 235 g/mol. The zero-order chi connectivity index (χ0) is 13.1. The van der Waals surface area contributed by atoms with Gasteiger partial charge in [0.1, 0.15) is 0 Å². The van der Waals surface area contributed by atoms with Gasteiger partial charge in [-0.25, -0.2) is 9.53 Å². The Morgan fingerprint density at radius 3 is 2.24 bits per heavy atom. The van der Waals surface area contributed by atoms with Crippen molar-refractivity contribution < 1.29 is 14.3 Å². The molecule has 0 N–H and O–H groups in total. The first-order valence-corrected chi connectivity index (χ1v) is 5.34. The third-order valence-electron chi connectivity index (χ3n) is 2.26. The van der Waals surface area contributed by atoms with Crippen molar-refractivity contribution in [3.8, 4) is 0 Å². The van der Waals surface area contributed by atoms with E-state index in [0.717, 1.165) is 10.3 Å². The maximum absolute atomic E-state index is 11.7. The van der Waals surface area contributed by atoms with Gasteiger partial charge >= 0.3 is 5.97 Å². The van der Waals surface area contributed by atoms with Crippen molar-refractivity contribution in [3.63, 3.8) is 0 Å². The molecule has 0 radical (unpaired) electrons. The Balaban J connectivity index is 2.93. The van der Waals surface area contributed by atoms with Crippen LogP contribution in [0.1, 0.15) is 36.7 Å². The van der Waals surface area contributed by atoms with Gasteiger partial charge in [0.15, 0.2) is 11.8 Å². The molecule has 17 heavy (non-hydrogen) atoms. The number of hydrogen-bond donors (Lipinski definition) is 0. The highest BCUT2D eigenvalue weighted by atomic mass is 16.5. The van der Waals surface area contributed by atoms with E-state index in [9.17, 15) is 10.0 Å². The molecule has 4 heteroatoms. The van der Waals surface area contributed by atoms with Crippen molar-refractivity contribution >= 4 is 12.2 Å². The number of carbonyl (C=O) groups excluding carboxylic acids is 1. The maximum atomic E-state index is 11.7. The fourth-order valence-corrected chi connectivity index (χ4v) is 1.15. The molecule has 1 rings (SSSR count). The number of benzene rings is 1. The van der Waals surface area contributed by atoms with Gasteiger partial charge in [-0.15, -0.1) is 0 Å². The number of hydroxylamine groups is 1. The van der Waals surface area contributed by atoms with E-state index in [4.69, 9.17) is 0 Å². The highest BCUT2D eigenvalue weighted by Gasteiger charge is 2.18. The van der Waals surface area contributed by atoms with Gasteiger partial charge in [0, 0.05) is 26.3 Å². The number of esters is 1. The lowest BCUT2D eigenvalue weighted by Crippen LogP contribution is -2.29. The van der Waals surface area contributed by atoms with Gasteiger partial charge in [0.2, 0.25) is 0 Å². The second-order valence-corrected chi connectivity index (χ2v) is 4.74. The lowest BCUT2D eigenvalue weighted by atomic mass is 10.1. The largest absolute Gasteiger partial charge is 0.623 e. The van der Waals surface area contributed by atoms with Crippen LogP contribution in [0.3, 0.4) is 0 Å². The number of ether oxygens (including phenoxy) is 1. The summed E-state index contributed by atoms with van der Waals surface area (Å²) in [6.45, 7) is 5.50. The van der Waals surface area contributed by atoms with Crippen molar-refractivity contribution in [1.82, 2.24) is 0 Å². The summed E-state index contributed by atoms with van der Waals surface area (Å²) >= 11 is 0. The fourth-order valence-electron chi connectivity index (χ4n) is 1.15. The number of methoxy groups -OCH3 is 1. The molecule has 0 saturated carbocycles. The molecule has 0 unspecified atom stereocenters. The Bertz CT molecular complexity index is 427. The minimum Gasteiger partial charge on any atom is -0.623 e. The lowest BCUT2D eigenvalue weighted by Gasteiger charge is -2.18. The van der Waals surface area contributed by atoms with Gasteiger partial charge in [0.25, 0.3) is 0 Å². The lowest BCUT2D eigenvalue weighted by molar-refractivity contribution is -0.530. The van der Waals surface area contributed by atoms with Gasteiger partial charge in [-0.1, -0.05) is 0 Å². The molecule has 4 nitrogen and oxygen atoms in total. The molecule has 0 amide bonds. The van der Waals surface area contributed by atoms with E-state index in [1.54, 1.807) is 24.3 Å². The second kappa shape index (κ2) is 4.99. The Morgan fingerprint density at radius 2 is 1.82 bits per heavy atom. The molecule has 0 atom stereocenters. The first-order chi connectivity index (χ1) is 7.84. The van der Waals surface area contributed by atoms with Gasteiger partial charge in [-0.2, -0.15) is 0 Å². The minimum atomic E-state index is -0.471. The van der Waals surface area contributed by atoms with Crippen LogP contribution in [0.5, 0.6) is 0 Å². The third-order valence-corrected chi connectivity index (χ3v) is 2.26. The summed E-state index contributed by atoms with van der Waals surface area (Å²) in [5.74, 6) is -0.383. The Hall–Kier alpha value is -1.84. The summed E-state index contributed by atoms with van der Waals surface area (Å²) in [7, 11) is 1.33. The van der Waals surface area contributed by atoms with Crippen molar-refractivity contribution in [1.29, 1.82) is 0 Å². The Labute approximate surface area is 101 Å². The Kier molecular flexibility index (Phi) is 3.89. The van der Waals surface area contributed by atoms with E-state index < -0.39 is 5.54 Å². The molecule has 0 fully saturated rings. The summed E-state index contributed by atoms with van der Waals surface area (Å²) in [6, 6.07) is 6.69. The number of rotatable bonds is 2. The Morgan fingerprint density at radius 1 is 1.29 bits per heavy atom. The van der Waals surface area contributed by atoms with Crippen LogP contribution in [0.15, 0.2) is 24.3 Å². The van der Waals surface area contributed by atoms with Crippen LogP contribution in [0.25, 0.3) is 0 Å². The summed E-state index contributed by atoms with van der Waals surface area (Å²) in [6.07, 6.45) is 1.50. The molecule has 0 heterocycles. The number of nitrogens with zero attached hydrogens (tertiary/aromatic N) is 1. The van der Waals surface area contributed by atoms with Crippen LogP contribution in [0.4, 0.5) is 0 Å². The van der Waals surface area contributed by atoms with E-state index in [-0.39, 0.29) is 5.97 Å². The van der Waals surface area contributed by atoms with E-state index in [0.29, 0.717) is 5.56 Å². The molecule has 0 aliphatic heterocycles. The monoisotopic (exact) mass is 235 g/mol. The molecule has 0 spiro atoms. The van der Waals surface area contributed by atoms with Crippen LogP contribution in [0.2, 0.25) is 0 Å². The number of carbonyl (C=O) groups is 1. The van der Waals surface area contributed by atoms with E-state index in [1.807, 2.05) is 20.8 Å². The quantitative estimate of drug-likeness (QED) is 0.259. The molecule has 1 aromatic carbocycles. The first kappa shape index (κ1) is 13.2. The van der Waals surface area contributed by atoms with Crippen LogP contribution in [0, 0.1) is 5.21 Å². The average Bonchev–Trinajstić information content (AvgIpc) is 2.27.